The number of hydrogen-bond donors (Lipinski definition) is 2. The maximum Gasteiger partial charge on any atom is 0.293 e. The summed E-state index contributed by atoms with van der Waals surface area (Å²) in [6.45, 7) is 7.49. The molecular weight excluding hydrogens is 206 g/mol. The largest absolute Gasteiger partial charge is 0.389 e. The third-order valence-electron chi connectivity index (χ3n) is 2.11. The van der Waals surface area contributed by atoms with Gasteiger partial charge >= 0.3 is 0 Å². The Balaban J connectivity index is 2.90. The molecule has 90 valence electrons. The normalized spacial score (nSPS) is 11.9. The molecule has 0 aliphatic heterocycles. The molecule has 0 bridgehead atoms. The van der Waals surface area contributed by atoms with Gasteiger partial charge in [-0.25, -0.2) is 4.98 Å². The van der Waals surface area contributed by atoms with Crippen LogP contribution in [0.1, 0.15) is 33.7 Å². The van der Waals surface area contributed by atoms with Gasteiger partial charge in [0.15, 0.2) is 5.82 Å². The van der Waals surface area contributed by atoms with E-state index < -0.39 is 5.60 Å². The second-order valence-corrected chi connectivity index (χ2v) is 4.75. The molecule has 1 aromatic rings. The molecule has 0 aliphatic carbocycles. The topological polar surface area (TPSA) is 67.2 Å². The third kappa shape index (κ3) is 3.34. The van der Waals surface area contributed by atoms with Gasteiger partial charge in [-0.3, -0.25) is 4.79 Å². The lowest BCUT2D eigenvalue weighted by atomic mass is 10.1. The zero-order chi connectivity index (χ0) is 12.3. The predicted molar refractivity (Wildman–Crippen MR) is 63.7 cm³/mol. The van der Waals surface area contributed by atoms with Crippen LogP contribution in [0.25, 0.3) is 0 Å². The number of hydrogen-bond acceptors (Lipinski definition) is 4. The second kappa shape index (κ2) is 4.65. The van der Waals surface area contributed by atoms with Crippen LogP contribution in [-0.2, 0) is 0 Å². The van der Waals surface area contributed by atoms with E-state index in [1.165, 1.54) is 0 Å². The number of anilines is 1. The molecule has 0 fully saturated rings. The Morgan fingerprint density at radius 2 is 2.19 bits per heavy atom. The molecule has 2 N–H and O–H groups in total. The fourth-order valence-corrected chi connectivity index (χ4v) is 1.25. The van der Waals surface area contributed by atoms with Crippen LogP contribution >= 0.6 is 0 Å². The highest BCUT2D eigenvalue weighted by Crippen LogP contribution is 2.04. The number of aromatic nitrogens is 2. The summed E-state index contributed by atoms with van der Waals surface area (Å²) in [4.78, 5) is 15.9. The molecule has 1 heterocycles. The van der Waals surface area contributed by atoms with E-state index in [0.29, 0.717) is 0 Å². The first-order chi connectivity index (χ1) is 7.31. The van der Waals surface area contributed by atoms with Crippen LogP contribution in [0.2, 0.25) is 0 Å². The fourth-order valence-electron chi connectivity index (χ4n) is 1.25. The van der Waals surface area contributed by atoms with Gasteiger partial charge in [0.25, 0.3) is 5.56 Å². The van der Waals surface area contributed by atoms with Gasteiger partial charge in [-0.2, -0.15) is 0 Å². The van der Waals surface area contributed by atoms with Crippen molar-refractivity contribution >= 4 is 5.82 Å². The summed E-state index contributed by atoms with van der Waals surface area (Å²) in [5.74, 6) is 0.276. The maximum absolute atomic E-state index is 11.9. The summed E-state index contributed by atoms with van der Waals surface area (Å²) in [5.41, 5.74) is -1.03. The summed E-state index contributed by atoms with van der Waals surface area (Å²) < 4.78 is 1.60. The van der Waals surface area contributed by atoms with E-state index in [1.54, 1.807) is 30.8 Å². The zero-order valence-electron chi connectivity index (χ0n) is 10.2. The van der Waals surface area contributed by atoms with Gasteiger partial charge in [0.05, 0.1) is 5.60 Å². The standard InChI is InChI=1S/C11H19N3O2/c1-8(2)14-6-5-12-9(10(14)15)13-7-11(3,4)16/h5-6,8,16H,7H2,1-4H3,(H,12,13). The van der Waals surface area contributed by atoms with Crippen molar-refractivity contribution in [3.63, 3.8) is 0 Å². The zero-order valence-corrected chi connectivity index (χ0v) is 10.2. The predicted octanol–water partition coefficient (Wildman–Crippen LogP) is 1.01. The lowest BCUT2D eigenvalue weighted by molar-refractivity contribution is 0.0944. The van der Waals surface area contributed by atoms with E-state index in [1.807, 2.05) is 13.8 Å². The lowest BCUT2D eigenvalue weighted by Gasteiger charge is -2.18. The van der Waals surface area contributed by atoms with Crippen LogP contribution in [0.3, 0.4) is 0 Å². The monoisotopic (exact) mass is 225 g/mol. The van der Waals surface area contributed by atoms with Crippen molar-refractivity contribution in [1.29, 1.82) is 0 Å². The van der Waals surface area contributed by atoms with E-state index in [4.69, 9.17) is 0 Å². The first-order valence-electron chi connectivity index (χ1n) is 5.34. The number of rotatable bonds is 4. The quantitative estimate of drug-likeness (QED) is 0.802. The lowest BCUT2D eigenvalue weighted by Crippen LogP contribution is -2.33. The summed E-state index contributed by atoms with van der Waals surface area (Å²) in [6, 6.07) is 0.0955. The molecule has 0 saturated carbocycles. The first kappa shape index (κ1) is 12.7. The van der Waals surface area contributed by atoms with Crippen LogP contribution < -0.4 is 10.9 Å². The molecular formula is C11H19N3O2. The minimum absolute atomic E-state index is 0.0955. The molecule has 0 saturated heterocycles. The Bertz CT molecular complexity index is 404. The molecule has 0 radical (unpaired) electrons. The van der Waals surface area contributed by atoms with E-state index in [-0.39, 0.29) is 24.0 Å². The SMILES string of the molecule is CC(C)n1ccnc(NCC(C)(C)O)c1=O. The number of aliphatic hydroxyl groups is 1. The van der Waals surface area contributed by atoms with Gasteiger partial charge < -0.3 is 15.0 Å². The van der Waals surface area contributed by atoms with Crippen molar-refractivity contribution in [1.82, 2.24) is 9.55 Å². The molecule has 1 rings (SSSR count). The van der Waals surface area contributed by atoms with Crippen molar-refractivity contribution in [2.45, 2.75) is 39.3 Å². The summed E-state index contributed by atoms with van der Waals surface area (Å²) in [7, 11) is 0. The fraction of sp³-hybridized carbons (Fsp3) is 0.636. The molecule has 0 amide bonds. The highest BCUT2D eigenvalue weighted by molar-refractivity contribution is 5.31. The van der Waals surface area contributed by atoms with E-state index in [2.05, 4.69) is 10.3 Å². The van der Waals surface area contributed by atoms with Gasteiger partial charge in [0, 0.05) is 25.0 Å². The van der Waals surface area contributed by atoms with E-state index in [0.717, 1.165) is 0 Å². The van der Waals surface area contributed by atoms with Crippen LogP contribution in [0.4, 0.5) is 5.82 Å². The van der Waals surface area contributed by atoms with E-state index in [9.17, 15) is 9.90 Å². The van der Waals surface area contributed by atoms with Crippen molar-refractivity contribution in [3.8, 4) is 0 Å². The Morgan fingerprint density at radius 1 is 1.56 bits per heavy atom. The summed E-state index contributed by atoms with van der Waals surface area (Å²) in [5, 5.41) is 12.4. The van der Waals surface area contributed by atoms with E-state index >= 15 is 0 Å². The number of nitrogens with one attached hydrogen (secondary N) is 1. The van der Waals surface area contributed by atoms with Crippen molar-refractivity contribution in [3.05, 3.63) is 22.7 Å². The first-order valence-corrected chi connectivity index (χ1v) is 5.34. The Kier molecular flexibility index (Phi) is 3.70. The van der Waals surface area contributed by atoms with Crippen LogP contribution in [0, 0.1) is 0 Å². The minimum atomic E-state index is -0.868. The Hall–Kier alpha value is -1.36. The van der Waals surface area contributed by atoms with Gasteiger partial charge in [-0.05, 0) is 27.7 Å². The smallest absolute Gasteiger partial charge is 0.293 e. The van der Waals surface area contributed by atoms with Gasteiger partial charge in [0.1, 0.15) is 0 Å². The molecule has 5 heteroatoms. The molecule has 1 aromatic heterocycles. The second-order valence-electron chi connectivity index (χ2n) is 4.75. The molecule has 5 nitrogen and oxygen atoms in total. The Labute approximate surface area is 95.1 Å². The third-order valence-corrected chi connectivity index (χ3v) is 2.11. The summed E-state index contributed by atoms with van der Waals surface area (Å²) in [6.07, 6.45) is 3.23. The molecule has 16 heavy (non-hydrogen) atoms. The maximum atomic E-state index is 11.9. The van der Waals surface area contributed by atoms with Crippen molar-refractivity contribution in [2.75, 3.05) is 11.9 Å². The number of nitrogens with zero attached hydrogens (tertiary/aromatic N) is 2. The average Bonchev–Trinajstić information content (AvgIpc) is 2.14. The van der Waals surface area contributed by atoms with Crippen LogP contribution in [0.5, 0.6) is 0 Å². The van der Waals surface area contributed by atoms with Crippen LogP contribution in [0.15, 0.2) is 17.2 Å². The Morgan fingerprint density at radius 3 is 2.69 bits per heavy atom. The minimum Gasteiger partial charge on any atom is -0.389 e. The highest BCUT2D eigenvalue weighted by atomic mass is 16.3. The van der Waals surface area contributed by atoms with Crippen molar-refractivity contribution in [2.24, 2.45) is 0 Å². The molecule has 0 spiro atoms. The molecule has 0 atom stereocenters. The average molecular weight is 225 g/mol. The summed E-state index contributed by atoms with van der Waals surface area (Å²) >= 11 is 0. The molecule has 0 aliphatic rings. The van der Waals surface area contributed by atoms with Crippen LogP contribution in [-0.4, -0.2) is 26.8 Å². The van der Waals surface area contributed by atoms with Crippen molar-refractivity contribution < 1.29 is 5.11 Å². The molecule has 0 unspecified atom stereocenters. The van der Waals surface area contributed by atoms with Gasteiger partial charge in [0.2, 0.25) is 0 Å². The highest BCUT2D eigenvalue weighted by Gasteiger charge is 2.14. The van der Waals surface area contributed by atoms with Gasteiger partial charge in [-0.1, -0.05) is 0 Å². The van der Waals surface area contributed by atoms with Gasteiger partial charge in [-0.15, -0.1) is 0 Å². The molecule has 0 aromatic carbocycles.